The summed E-state index contributed by atoms with van der Waals surface area (Å²) >= 11 is 0. The summed E-state index contributed by atoms with van der Waals surface area (Å²) in [6.45, 7) is 0.196. The van der Waals surface area contributed by atoms with Crippen molar-refractivity contribution in [3.05, 3.63) is 59.7 Å². The maximum absolute atomic E-state index is 13.4. The number of aromatic amines is 1. The highest BCUT2D eigenvalue weighted by Gasteiger charge is 2.21. The lowest BCUT2D eigenvalue weighted by Gasteiger charge is -2.07. The van der Waals surface area contributed by atoms with E-state index in [9.17, 15) is 19.2 Å². The van der Waals surface area contributed by atoms with Gasteiger partial charge in [0.15, 0.2) is 5.82 Å². The molecule has 4 aromatic rings. The third kappa shape index (κ3) is 3.81. The lowest BCUT2D eigenvalue weighted by molar-refractivity contribution is 0.0990. The van der Waals surface area contributed by atoms with Gasteiger partial charge in [0.2, 0.25) is 11.8 Å². The van der Waals surface area contributed by atoms with Crippen LogP contribution in [0.5, 0.6) is 0 Å². The SMILES string of the molecule is NC(=O)c1nc(NCc2cccc(F)c2)nc(-c2n[nH]c3c(B(O)O)cccc23)n1. The molecule has 0 spiro atoms. The van der Waals surface area contributed by atoms with E-state index in [0.717, 1.165) is 0 Å². The zero-order valence-corrected chi connectivity index (χ0v) is 15.4. The van der Waals surface area contributed by atoms with Gasteiger partial charge in [-0.3, -0.25) is 9.89 Å². The molecule has 2 aromatic carbocycles. The minimum Gasteiger partial charge on any atom is -0.423 e. The summed E-state index contributed by atoms with van der Waals surface area (Å²) in [6, 6.07) is 10.8. The Morgan fingerprint density at radius 3 is 2.70 bits per heavy atom. The standard InChI is InChI=1S/C18H15BFN7O3/c20-10-4-1-3-9(7-10)8-22-18-24-16(23-17(25-18)15(21)28)14-11-5-2-6-12(19(29)30)13(11)26-27-14/h1-7,29-30H,8H2,(H2,21,28)(H,26,27)(H,22,23,24,25). The number of aromatic nitrogens is 5. The minimum atomic E-state index is -1.70. The van der Waals surface area contributed by atoms with E-state index in [1.807, 2.05) is 0 Å². The van der Waals surface area contributed by atoms with Crippen molar-refractivity contribution in [3.8, 4) is 11.5 Å². The van der Waals surface area contributed by atoms with Crippen LogP contribution in [0.3, 0.4) is 0 Å². The van der Waals surface area contributed by atoms with Gasteiger partial charge in [0.25, 0.3) is 5.91 Å². The van der Waals surface area contributed by atoms with Crippen LogP contribution >= 0.6 is 0 Å². The normalized spacial score (nSPS) is 10.9. The van der Waals surface area contributed by atoms with E-state index in [0.29, 0.717) is 16.5 Å². The molecule has 0 bridgehead atoms. The summed E-state index contributed by atoms with van der Waals surface area (Å²) in [5.74, 6) is -1.42. The molecule has 30 heavy (non-hydrogen) atoms. The Hall–Kier alpha value is -3.90. The molecule has 0 unspecified atom stereocenters. The third-order valence-electron chi connectivity index (χ3n) is 4.32. The van der Waals surface area contributed by atoms with Crippen molar-refractivity contribution in [2.75, 3.05) is 5.32 Å². The molecule has 2 aromatic heterocycles. The van der Waals surface area contributed by atoms with Gasteiger partial charge in [-0.25, -0.2) is 9.37 Å². The Labute approximate surface area is 169 Å². The van der Waals surface area contributed by atoms with Crippen LogP contribution in [0.4, 0.5) is 10.3 Å². The highest BCUT2D eigenvalue weighted by Crippen LogP contribution is 2.23. The number of anilines is 1. The van der Waals surface area contributed by atoms with Crippen molar-refractivity contribution in [2.45, 2.75) is 6.54 Å². The number of primary amides is 1. The van der Waals surface area contributed by atoms with E-state index in [1.54, 1.807) is 24.3 Å². The average molecular weight is 407 g/mol. The molecule has 0 radical (unpaired) electrons. The zero-order valence-electron chi connectivity index (χ0n) is 15.4. The molecule has 1 amide bonds. The van der Waals surface area contributed by atoms with Gasteiger partial charge in [-0.2, -0.15) is 15.1 Å². The van der Waals surface area contributed by atoms with Crippen LogP contribution in [0.25, 0.3) is 22.4 Å². The first-order chi connectivity index (χ1) is 14.4. The Bertz CT molecular complexity index is 1250. The maximum atomic E-state index is 13.4. The topological polar surface area (TPSA) is 163 Å². The van der Waals surface area contributed by atoms with E-state index in [1.165, 1.54) is 18.2 Å². The molecule has 0 saturated carbocycles. The average Bonchev–Trinajstić information content (AvgIpc) is 3.16. The van der Waals surface area contributed by atoms with Gasteiger partial charge in [0.1, 0.15) is 11.5 Å². The smallest absolute Gasteiger partial charge is 0.423 e. The van der Waals surface area contributed by atoms with Gasteiger partial charge in [-0.15, -0.1) is 0 Å². The predicted octanol–water partition coefficient (Wildman–Crippen LogP) is -0.0552. The maximum Gasteiger partial charge on any atom is 0.490 e. The number of fused-ring (bicyclic) bond motifs is 1. The number of para-hydroxylation sites is 1. The molecule has 0 fully saturated rings. The van der Waals surface area contributed by atoms with Gasteiger partial charge in [-0.05, 0) is 17.7 Å². The second kappa shape index (κ2) is 7.85. The zero-order chi connectivity index (χ0) is 21.3. The molecule has 0 aliphatic rings. The number of nitrogens with two attached hydrogens (primary N) is 1. The molecular weight excluding hydrogens is 392 g/mol. The molecule has 150 valence electrons. The van der Waals surface area contributed by atoms with Gasteiger partial charge < -0.3 is 21.1 Å². The Balaban J connectivity index is 1.74. The Morgan fingerprint density at radius 2 is 1.97 bits per heavy atom. The van der Waals surface area contributed by atoms with Crippen molar-refractivity contribution in [1.82, 2.24) is 25.1 Å². The number of halogens is 1. The van der Waals surface area contributed by atoms with E-state index in [-0.39, 0.29) is 41.1 Å². The fourth-order valence-corrected chi connectivity index (χ4v) is 2.95. The summed E-state index contributed by atoms with van der Waals surface area (Å²) in [6.07, 6.45) is 0. The molecule has 0 atom stereocenters. The van der Waals surface area contributed by atoms with Gasteiger partial charge in [0, 0.05) is 17.4 Å². The molecule has 6 N–H and O–H groups in total. The molecule has 0 aliphatic heterocycles. The van der Waals surface area contributed by atoms with E-state index >= 15 is 0 Å². The molecular formula is C18H15BFN7O3. The number of rotatable bonds is 6. The van der Waals surface area contributed by atoms with Gasteiger partial charge in [0.05, 0.1) is 5.52 Å². The van der Waals surface area contributed by atoms with Crippen LogP contribution in [0.1, 0.15) is 16.2 Å². The fourth-order valence-electron chi connectivity index (χ4n) is 2.95. The van der Waals surface area contributed by atoms with Crippen molar-refractivity contribution in [3.63, 3.8) is 0 Å². The van der Waals surface area contributed by atoms with Crippen LogP contribution in [0.15, 0.2) is 42.5 Å². The number of H-pyrrole nitrogens is 1. The van der Waals surface area contributed by atoms with E-state index in [2.05, 4.69) is 30.5 Å². The van der Waals surface area contributed by atoms with Gasteiger partial charge >= 0.3 is 7.12 Å². The summed E-state index contributed by atoms with van der Waals surface area (Å²) in [5, 5.41) is 29.3. The highest BCUT2D eigenvalue weighted by atomic mass is 19.1. The predicted molar refractivity (Wildman–Crippen MR) is 107 cm³/mol. The van der Waals surface area contributed by atoms with Crippen LogP contribution < -0.4 is 16.5 Å². The summed E-state index contributed by atoms with van der Waals surface area (Å²) in [5.41, 5.74) is 6.87. The Morgan fingerprint density at radius 1 is 1.17 bits per heavy atom. The fraction of sp³-hybridized carbons (Fsp3) is 0.0556. The molecule has 0 saturated heterocycles. The Kier molecular flexibility index (Phi) is 5.08. The van der Waals surface area contributed by atoms with Crippen molar-refractivity contribution in [2.24, 2.45) is 5.73 Å². The second-order valence-electron chi connectivity index (χ2n) is 6.37. The van der Waals surface area contributed by atoms with E-state index < -0.39 is 13.0 Å². The number of carbonyl (C=O) groups excluding carboxylic acids is 1. The number of nitrogens with one attached hydrogen (secondary N) is 2. The first-order valence-corrected chi connectivity index (χ1v) is 8.80. The van der Waals surface area contributed by atoms with Crippen molar-refractivity contribution >= 4 is 35.3 Å². The summed E-state index contributed by atoms with van der Waals surface area (Å²) in [7, 11) is -1.70. The number of hydrogen-bond acceptors (Lipinski definition) is 8. The highest BCUT2D eigenvalue weighted by molar-refractivity contribution is 6.61. The molecule has 12 heteroatoms. The minimum absolute atomic E-state index is 0.0487. The van der Waals surface area contributed by atoms with Crippen LogP contribution in [-0.2, 0) is 6.54 Å². The van der Waals surface area contributed by atoms with Crippen LogP contribution in [-0.4, -0.2) is 48.2 Å². The first-order valence-electron chi connectivity index (χ1n) is 8.80. The number of amides is 1. The number of carbonyl (C=O) groups is 1. The van der Waals surface area contributed by atoms with E-state index in [4.69, 9.17) is 5.73 Å². The largest absolute Gasteiger partial charge is 0.490 e. The van der Waals surface area contributed by atoms with Crippen LogP contribution in [0.2, 0.25) is 0 Å². The van der Waals surface area contributed by atoms with Gasteiger partial charge in [-0.1, -0.05) is 30.3 Å². The second-order valence-corrected chi connectivity index (χ2v) is 6.37. The molecule has 2 heterocycles. The lowest BCUT2D eigenvalue weighted by Crippen LogP contribution is -2.30. The number of benzene rings is 2. The third-order valence-corrected chi connectivity index (χ3v) is 4.32. The van der Waals surface area contributed by atoms with Crippen molar-refractivity contribution in [1.29, 1.82) is 0 Å². The number of nitrogens with zero attached hydrogens (tertiary/aromatic N) is 4. The first kappa shape index (κ1) is 19.4. The summed E-state index contributed by atoms with van der Waals surface area (Å²) in [4.78, 5) is 24.0. The summed E-state index contributed by atoms with van der Waals surface area (Å²) < 4.78 is 13.4. The molecule has 4 rings (SSSR count). The van der Waals surface area contributed by atoms with Crippen LogP contribution in [0, 0.1) is 5.82 Å². The quantitative estimate of drug-likeness (QED) is 0.278. The molecule has 10 nitrogen and oxygen atoms in total. The monoisotopic (exact) mass is 407 g/mol. The van der Waals surface area contributed by atoms with Crippen molar-refractivity contribution < 1.29 is 19.2 Å². The lowest BCUT2D eigenvalue weighted by atomic mass is 9.79. The number of hydrogen-bond donors (Lipinski definition) is 5. The molecule has 0 aliphatic carbocycles.